The molecule has 0 radical (unpaired) electrons. The number of nitrogens with zero attached hydrogens (tertiary/aromatic N) is 5. The van der Waals surface area contributed by atoms with Gasteiger partial charge in [0.1, 0.15) is 18.0 Å². The third-order valence-electron chi connectivity index (χ3n) is 5.07. The van der Waals surface area contributed by atoms with Gasteiger partial charge in [0.05, 0.1) is 5.69 Å². The minimum atomic E-state index is -0.323. The maximum absolute atomic E-state index is 12.3. The molecule has 4 rings (SSSR count). The minimum Gasteiger partial charge on any atom is -0.486 e. The Morgan fingerprint density at radius 3 is 2.50 bits per heavy atom. The summed E-state index contributed by atoms with van der Waals surface area (Å²) >= 11 is 0. The van der Waals surface area contributed by atoms with Gasteiger partial charge in [-0.15, -0.1) is 0 Å². The highest BCUT2D eigenvalue weighted by Gasteiger charge is 2.15. The quantitative estimate of drug-likeness (QED) is 0.511. The summed E-state index contributed by atoms with van der Waals surface area (Å²) in [4.78, 5) is 16.8. The van der Waals surface area contributed by atoms with Crippen LogP contribution in [0.15, 0.2) is 59.5 Å². The number of rotatable bonds is 5. The zero-order valence-electron chi connectivity index (χ0n) is 17.5. The molecular weight excluding hydrogens is 378 g/mol. The first-order valence-corrected chi connectivity index (χ1v) is 9.68. The molecule has 7 heteroatoms. The van der Waals surface area contributed by atoms with Crippen LogP contribution in [0.25, 0.3) is 16.9 Å². The number of aryl methyl sites for hydroxylation is 4. The molecule has 7 nitrogen and oxygen atoms in total. The first-order chi connectivity index (χ1) is 14.4. The summed E-state index contributed by atoms with van der Waals surface area (Å²) in [5.41, 5.74) is 6.55. The molecule has 0 unspecified atom stereocenters. The summed E-state index contributed by atoms with van der Waals surface area (Å²) in [5.74, 6) is 0.615. The van der Waals surface area contributed by atoms with E-state index in [4.69, 9.17) is 4.74 Å². The normalized spacial score (nSPS) is 10.9. The van der Waals surface area contributed by atoms with Gasteiger partial charge in [-0.2, -0.15) is 9.36 Å². The largest absolute Gasteiger partial charge is 0.486 e. The molecule has 0 aliphatic rings. The third-order valence-corrected chi connectivity index (χ3v) is 5.07. The molecule has 4 aromatic rings. The second-order valence-corrected chi connectivity index (χ2v) is 7.37. The fraction of sp³-hybridized carbons (Fsp3) is 0.217. The van der Waals surface area contributed by atoms with Crippen molar-refractivity contribution < 1.29 is 4.74 Å². The molecule has 0 aliphatic carbocycles. The van der Waals surface area contributed by atoms with Gasteiger partial charge in [-0.3, -0.25) is 4.98 Å². The van der Waals surface area contributed by atoms with Gasteiger partial charge in [0.25, 0.3) is 0 Å². The highest BCUT2D eigenvalue weighted by Crippen LogP contribution is 2.28. The summed E-state index contributed by atoms with van der Waals surface area (Å²) < 4.78 is 8.61. The Bertz CT molecular complexity index is 1270. The van der Waals surface area contributed by atoms with E-state index in [2.05, 4.69) is 53.5 Å². The topological polar surface area (TPSA) is 74.8 Å². The van der Waals surface area contributed by atoms with Gasteiger partial charge in [-0.25, -0.2) is 4.79 Å². The van der Waals surface area contributed by atoms with E-state index in [9.17, 15) is 4.79 Å². The standard InChI is InChI=1S/C23H23N5O2/c1-15-10-11-24-20(12-15)18-8-9-19(17(3)13-18)14-30-22-16(2)6-5-7-21(22)28-23(29)27(4)25-26-28/h5-13H,14H2,1-4H3. The highest BCUT2D eigenvalue weighted by atomic mass is 16.5. The molecule has 0 spiro atoms. The van der Waals surface area contributed by atoms with Crippen LogP contribution in [0.4, 0.5) is 0 Å². The molecular formula is C23H23N5O2. The van der Waals surface area contributed by atoms with E-state index in [-0.39, 0.29) is 5.69 Å². The molecule has 30 heavy (non-hydrogen) atoms. The number of hydrogen-bond donors (Lipinski definition) is 0. The van der Waals surface area contributed by atoms with Crippen molar-refractivity contribution in [2.24, 2.45) is 7.05 Å². The van der Waals surface area contributed by atoms with Crippen molar-refractivity contribution >= 4 is 0 Å². The van der Waals surface area contributed by atoms with Gasteiger partial charge in [-0.05, 0) is 77.7 Å². The number of pyridine rings is 1. The number of tetrazole rings is 1. The van der Waals surface area contributed by atoms with Crippen LogP contribution in [0.3, 0.4) is 0 Å². The lowest BCUT2D eigenvalue weighted by atomic mass is 10.0. The van der Waals surface area contributed by atoms with E-state index in [1.54, 1.807) is 13.1 Å². The average Bonchev–Trinajstić information content (AvgIpc) is 3.06. The fourth-order valence-electron chi connectivity index (χ4n) is 3.32. The van der Waals surface area contributed by atoms with Crippen molar-refractivity contribution in [3.05, 3.63) is 87.5 Å². The van der Waals surface area contributed by atoms with Gasteiger partial charge in [0.15, 0.2) is 0 Å². The molecule has 0 N–H and O–H groups in total. The molecule has 0 bridgehead atoms. The molecule has 0 amide bonds. The second-order valence-electron chi connectivity index (χ2n) is 7.37. The molecule has 152 valence electrons. The van der Waals surface area contributed by atoms with Gasteiger partial charge < -0.3 is 4.74 Å². The number of para-hydroxylation sites is 1. The van der Waals surface area contributed by atoms with E-state index < -0.39 is 0 Å². The number of ether oxygens (including phenoxy) is 1. The van der Waals surface area contributed by atoms with Crippen LogP contribution in [0.5, 0.6) is 5.75 Å². The maximum atomic E-state index is 12.3. The molecule has 2 aromatic carbocycles. The zero-order valence-corrected chi connectivity index (χ0v) is 17.5. The van der Waals surface area contributed by atoms with E-state index in [0.717, 1.165) is 27.9 Å². The molecule has 0 fully saturated rings. The van der Waals surface area contributed by atoms with Crippen molar-refractivity contribution in [2.75, 3.05) is 0 Å². The molecule has 0 saturated heterocycles. The van der Waals surface area contributed by atoms with Crippen LogP contribution >= 0.6 is 0 Å². The molecule has 2 heterocycles. The second kappa shape index (κ2) is 7.94. The highest BCUT2D eigenvalue weighted by molar-refractivity contribution is 5.61. The predicted molar refractivity (Wildman–Crippen MR) is 115 cm³/mol. The van der Waals surface area contributed by atoms with Gasteiger partial charge in [0.2, 0.25) is 0 Å². The van der Waals surface area contributed by atoms with Crippen LogP contribution < -0.4 is 10.4 Å². The molecule has 0 saturated carbocycles. The van der Waals surface area contributed by atoms with Crippen LogP contribution in [0.1, 0.15) is 22.3 Å². The smallest absolute Gasteiger partial charge is 0.368 e. The zero-order chi connectivity index (χ0) is 21.3. The Morgan fingerprint density at radius 1 is 0.967 bits per heavy atom. The lowest BCUT2D eigenvalue weighted by Crippen LogP contribution is -2.22. The number of benzene rings is 2. The van der Waals surface area contributed by atoms with Crippen molar-refractivity contribution in [1.82, 2.24) is 24.8 Å². The van der Waals surface area contributed by atoms with E-state index in [1.165, 1.54) is 14.9 Å². The predicted octanol–water partition coefficient (Wildman–Crippen LogP) is 3.53. The summed E-state index contributed by atoms with van der Waals surface area (Å²) in [6.45, 7) is 6.44. The summed E-state index contributed by atoms with van der Waals surface area (Å²) in [5, 5.41) is 7.74. The Labute approximate surface area is 174 Å². The minimum absolute atomic E-state index is 0.323. The molecule has 0 atom stereocenters. The van der Waals surface area contributed by atoms with Crippen molar-refractivity contribution in [3.8, 4) is 22.7 Å². The van der Waals surface area contributed by atoms with Crippen molar-refractivity contribution in [3.63, 3.8) is 0 Å². The van der Waals surface area contributed by atoms with E-state index in [1.807, 2.05) is 31.3 Å². The Morgan fingerprint density at radius 2 is 1.80 bits per heavy atom. The van der Waals surface area contributed by atoms with Gasteiger partial charge in [0, 0.05) is 18.8 Å². The Balaban J connectivity index is 1.61. The average molecular weight is 401 g/mol. The van der Waals surface area contributed by atoms with E-state index >= 15 is 0 Å². The molecule has 2 aromatic heterocycles. The number of hydrogen-bond acceptors (Lipinski definition) is 5. The fourth-order valence-corrected chi connectivity index (χ4v) is 3.32. The van der Waals surface area contributed by atoms with Crippen LogP contribution in [0, 0.1) is 20.8 Å². The van der Waals surface area contributed by atoms with Crippen LogP contribution in [0.2, 0.25) is 0 Å². The van der Waals surface area contributed by atoms with Crippen LogP contribution in [-0.4, -0.2) is 24.8 Å². The van der Waals surface area contributed by atoms with Gasteiger partial charge in [-0.1, -0.05) is 24.3 Å². The van der Waals surface area contributed by atoms with E-state index in [0.29, 0.717) is 18.0 Å². The first kappa shape index (κ1) is 19.6. The molecule has 0 aliphatic heterocycles. The lowest BCUT2D eigenvalue weighted by Gasteiger charge is -2.15. The summed E-state index contributed by atoms with van der Waals surface area (Å²) in [6.07, 6.45) is 1.82. The van der Waals surface area contributed by atoms with Gasteiger partial charge >= 0.3 is 5.69 Å². The summed E-state index contributed by atoms with van der Waals surface area (Å²) in [6, 6.07) is 15.9. The monoisotopic (exact) mass is 401 g/mol. The SMILES string of the molecule is Cc1ccnc(-c2ccc(COc3c(C)cccc3-n3nnn(C)c3=O)c(C)c2)c1. The third kappa shape index (κ3) is 3.74. The Hall–Kier alpha value is -3.74. The number of aromatic nitrogens is 5. The first-order valence-electron chi connectivity index (χ1n) is 9.68. The van der Waals surface area contributed by atoms with Crippen molar-refractivity contribution in [1.29, 1.82) is 0 Å². The maximum Gasteiger partial charge on any atom is 0.368 e. The van der Waals surface area contributed by atoms with Crippen molar-refractivity contribution in [2.45, 2.75) is 27.4 Å². The lowest BCUT2D eigenvalue weighted by molar-refractivity contribution is 0.301. The Kier molecular flexibility index (Phi) is 5.18. The van der Waals surface area contributed by atoms with Crippen LogP contribution in [-0.2, 0) is 13.7 Å². The summed E-state index contributed by atoms with van der Waals surface area (Å²) in [7, 11) is 1.57.